The van der Waals surface area contributed by atoms with Crippen LogP contribution in [0.4, 0.5) is 0 Å². The third kappa shape index (κ3) is 4.78. The molecule has 0 aliphatic carbocycles. The lowest BCUT2D eigenvalue weighted by molar-refractivity contribution is 0.0693. The predicted molar refractivity (Wildman–Crippen MR) is 65.8 cm³/mol. The van der Waals surface area contributed by atoms with Crippen LogP contribution in [0.3, 0.4) is 0 Å². The highest BCUT2D eigenvalue weighted by Crippen LogP contribution is 2.11. The van der Waals surface area contributed by atoms with E-state index in [4.69, 9.17) is 9.47 Å². The number of rotatable bonds is 9. The van der Waals surface area contributed by atoms with Gasteiger partial charge in [0.2, 0.25) is 0 Å². The minimum atomic E-state index is 0.480. The fourth-order valence-corrected chi connectivity index (χ4v) is 2.01. The van der Waals surface area contributed by atoms with Crippen LogP contribution in [-0.2, 0) is 9.47 Å². The van der Waals surface area contributed by atoms with Gasteiger partial charge in [-0.3, -0.25) is 4.90 Å². The first-order chi connectivity index (χ1) is 7.77. The summed E-state index contributed by atoms with van der Waals surface area (Å²) in [4.78, 5) is 2.46. The molecule has 4 heteroatoms. The van der Waals surface area contributed by atoms with Gasteiger partial charge in [-0.15, -0.1) is 0 Å². The second-order valence-electron chi connectivity index (χ2n) is 4.65. The molecule has 1 saturated heterocycles. The minimum Gasteiger partial charge on any atom is -0.383 e. The second-order valence-corrected chi connectivity index (χ2v) is 4.65. The summed E-state index contributed by atoms with van der Waals surface area (Å²) < 4.78 is 10.4. The number of hydrogen-bond donors (Lipinski definition) is 1. The van der Waals surface area contributed by atoms with Crippen LogP contribution >= 0.6 is 0 Å². The lowest BCUT2D eigenvalue weighted by Crippen LogP contribution is -2.45. The Kier molecular flexibility index (Phi) is 6.96. The van der Waals surface area contributed by atoms with Gasteiger partial charge < -0.3 is 14.8 Å². The number of ether oxygens (including phenoxy) is 2. The predicted octanol–water partition coefficient (Wildman–Crippen LogP) is 0.579. The molecule has 1 unspecified atom stereocenters. The fraction of sp³-hybridized carbons (Fsp3) is 1.00. The lowest BCUT2D eigenvalue weighted by Gasteiger charge is -2.33. The number of nitrogens with zero attached hydrogens (tertiary/aromatic N) is 1. The van der Waals surface area contributed by atoms with Gasteiger partial charge in [-0.25, -0.2) is 0 Å². The van der Waals surface area contributed by atoms with Crippen molar-refractivity contribution in [2.75, 3.05) is 53.6 Å². The van der Waals surface area contributed by atoms with Crippen LogP contribution in [0.2, 0.25) is 0 Å². The van der Waals surface area contributed by atoms with Crippen molar-refractivity contribution in [3.8, 4) is 0 Å². The van der Waals surface area contributed by atoms with Crippen molar-refractivity contribution < 1.29 is 9.47 Å². The largest absolute Gasteiger partial charge is 0.383 e. The van der Waals surface area contributed by atoms with E-state index in [1.807, 2.05) is 0 Å². The molecule has 1 N–H and O–H groups in total. The van der Waals surface area contributed by atoms with Crippen molar-refractivity contribution in [2.24, 2.45) is 5.92 Å². The fourth-order valence-electron chi connectivity index (χ4n) is 2.01. The van der Waals surface area contributed by atoms with Gasteiger partial charge in [-0.2, -0.15) is 0 Å². The molecule has 1 rings (SSSR count). The van der Waals surface area contributed by atoms with Crippen LogP contribution in [0.15, 0.2) is 0 Å². The third-order valence-corrected chi connectivity index (χ3v) is 3.30. The Labute approximate surface area is 99.3 Å². The molecule has 1 aliphatic heterocycles. The summed E-state index contributed by atoms with van der Waals surface area (Å²) in [6, 6.07) is 0.480. The van der Waals surface area contributed by atoms with Crippen LogP contribution < -0.4 is 5.32 Å². The summed E-state index contributed by atoms with van der Waals surface area (Å²) in [5, 5.41) is 3.31. The molecule has 0 saturated carbocycles. The van der Waals surface area contributed by atoms with Crippen molar-refractivity contribution >= 4 is 0 Å². The van der Waals surface area contributed by atoms with Crippen LogP contribution in [0.1, 0.15) is 13.3 Å². The van der Waals surface area contributed by atoms with Gasteiger partial charge in [-0.05, 0) is 38.9 Å². The molecule has 96 valence electrons. The zero-order chi connectivity index (χ0) is 11.8. The molecule has 1 fully saturated rings. The molecule has 0 aromatic carbocycles. The Balaban J connectivity index is 2.23. The lowest BCUT2D eigenvalue weighted by atomic mass is 9.99. The van der Waals surface area contributed by atoms with Crippen molar-refractivity contribution in [2.45, 2.75) is 19.4 Å². The molecule has 16 heavy (non-hydrogen) atoms. The highest BCUT2D eigenvalue weighted by Gasteiger charge is 2.19. The maximum Gasteiger partial charge on any atom is 0.0615 e. The topological polar surface area (TPSA) is 33.7 Å². The van der Waals surface area contributed by atoms with E-state index in [1.165, 1.54) is 19.5 Å². The van der Waals surface area contributed by atoms with Crippen LogP contribution in [0.25, 0.3) is 0 Å². The first kappa shape index (κ1) is 13.9. The number of nitrogens with one attached hydrogen (secondary N) is 1. The van der Waals surface area contributed by atoms with E-state index < -0.39 is 0 Å². The third-order valence-electron chi connectivity index (χ3n) is 3.30. The summed E-state index contributed by atoms with van der Waals surface area (Å²) in [5.41, 5.74) is 0. The Morgan fingerprint density at radius 1 is 1.25 bits per heavy atom. The maximum absolute atomic E-state index is 5.22. The molecule has 1 aliphatic rings. The van der Waals surface area contributed by atoms with Gasteiger partial charge >= 0.3 is 0 Å². The van der Waals surface area contributed by atoms with E-state index in [0.717, 1.165) is 32.2 Å². The van der Waals surface area contributed by atoms with Gasteiger partial charge in [0.15, 0.2) is 0 Å². The Bertz CT molecular complexity index is 174. The Morgan fingerprint density at radius 2 is 2.00 bits per heavy atom. The summed E-state index contributed by atoms with van der Waals surface area (Å²) in [6.07, 6.45) is 1.28. The van der Waals surface area contributed by atoms with Crippen LogP contribution in [-0.4, -0.2) is 64.6 Å². The van der Waals surface area contributed by atoms with E-state index in [-0.39, 0.29) is 0 Å². The summed E-state index contributed by atoms with van der Waals surface area (Å²) >= 11 is 0. The zero-order valence-corrected chi connectivity index (χ0v) is 10.9. The van der Waals surface area contributed by atoms with Crippen molar-refractivity contribution in [1.82, 2.24) is 10.2 Å². The Morgan fingerprint density at radius 3 is 2.50 bits per heavy atom. The molecule has 0 aromatic rings. The molecule has 1 atom stereocenters. The zero-order valence-electron chi connectivity index (χ0n) is 10.9. The molecular formula is C12H26N2O2. The van der Waals surface area contributed by atoms with Crippen molar-refractivity contribution in [3.63, 3.8) is 0 Å². The smallest absolute Gasteiger partial charge is 0.0615 e. The van der Waals surface area contributed by atoms with E-state index >= 15 is 0 Å². The molecule has 4 nitrogen and oxygen atoms in total. The molecule has 0 bridgehead atoms. The van der Waals surface area contributed by atoms with E-state index in [0.29, 0.717) is 6.04 Å². The number of hydrogen-bond acceptors (Lipinski definition) is 4. The molecule has 1 heterocycles. The van der Waals surface area contributed by atoms with E-state index in [1.54, 1.807) is 14.2 Å². The quantitative estimate of drug-likeness (QED) is 0.628. The molecule has 0 radical (unpaired) electrons. The summed E-state index contributed by atoms with van der Waals surface area (Å²) in [5.74, 6) is 0.875. The van der Waals surface area contributed by atoms with E-state index in [9.17, 15) is 0 Å². The normalized spacial score (nSPS) is 18.8. The van der Waals surface area contributed by atoms with Crippen LogP contribution in [0.5, 0.6) is 0 Å². The van der Waals surface area contributed by atoms with Gasteiger partial charge in [0.1, 0.15) is 0 Å². The maximum atomic E-state index is 5.22. The average molecular weight is 230 g/mol. The van der Waals surface area contributed by atoms with Crippen LogP contribution in [0, 0.1) is 5.92 Å². The molecule has 0 spiro atoms. The monoisotopic (exact) mass is 230 g/mol. The highest BCUT2D eigenvalue weighted by atomic mass is 16.5. The first-order valence-corrected chi connectivity index (χ1v) is 6.20. The SMILES string of the molecule is COCCN(CCC1CNC1)C(C)COC. The average Bonchev–Trinajstić information content (AvgIpc) is 2.20. The van der Waals surface area contributed by atoms with Crippen molar-refractivity contribution in [1.29, 1.82) is 0 Å². The summed E-state index contributed by atoms with van der Waals surface area (Å²) in [6.45, 7) is 8.36. The van der Waals surface area contributed by atoms with Gasteiger partial charge in [0.05, 0.1) is 13.2 Å². The minimum absolute atomic E-state index is 0.480. The van der Waals surface area contributed by atoms with Crippen molar-refractivity contribution in [3.05, 3.63) is 0 Å². The summed E-state index contributed by atoms with van der Waals surface area (Å²) in [7, 11) is 3.52. The van der Waals surface area contributed by atoms with Gasteiger partial charge in [0, 0.05) is 26.8 Å². The molecule has 0 amide bonds. The molecule has 0 aromatic heterocycles. The molecular weight excluding hydrogens is 204 g/mol. The van der Waals surface area contributed by atoms with Gasteiger partial charge in [0.25, 0.3) is 0 Å². The number of methoxy groups -OCH3 is 2. The standard InChI is InChI=1S/C12H26N2O2/c1-11(10-16-3)14(6-7-15-2)5-4-12-8-13-9-12/h11-13H,4-10H2,1-3H3. The van der Waals surface area contributed by atoms with Gasteiger partial charge in [-0.1, -0.05) is 0 Å². The van der Waals surface area contributed by atoms with E-state index in [2.05, 4.69) is 17.1 Å². The Hall–Kier alpha value is -0.160. The second kappa shape index (κ2) is 8.01. The highest BCUT2D eigenvalue weighted by molar-refractivity contribution is 4.77. The first-order valence-electron chi connectivity index (χ1n) is 6.20.